The van der Waals surface area contributed by atoms with E-state index in [1.807, 2.05) is 19.1 Å². The molecule has 1 fully saturated rings. The van der Waals surface area contributed by atoms with Crippen LogP contribution < -0.4 is 14.8 Å². The molecule has 2 aromatic carbocycles. The predicted molar refractivity (Wildman–Crippen MR) is 128 cm³/mol. The molecule has 0 radical (unpaired) electrons. The quantitative estimate of drug-likeness (QED) is 0.417. The molecule has 1 saturated carbocycles. The summed E-state index contributed by atoms with van der Waals surface area (Å²) in [6.07, 6.45) is 4.07. The van der Waals surface area contributed by atoms with Crippen molar-refractivity contribution in [3.8, 4) is 21.9 Å². The fourth-order valence-electron chi connectivity index (χ4n) is 3.77. The number of amides is 1. The van der Waals surface area contributed by atoms with E-state index in [9.17, 15) is 14.1 Å². The maximum atomic E-state index is 13.0. The molecule has 3 N–H and O–H groups in total. The number of phenolic OH excluding ortho intramolecular Hbond substituents is 1. The number of anilines is 2. The van der Waals surface area contributed by atoms with Gasteiger partial charge < -0.3 is 19.9 Å². The lowest BCUT2D eigenvalue weighted by Crippen LogP contribution is -2.20. The molecule has 0 saturated heterocycles. The number of carbonyl (C=O) groups is 1. The molecule has 0 spiro atoms. The molecule has 7 nitrogen and oxygen atoms in total. The Morgan fingerprint density at radius 2 is 1.91 bits per heavy atom. The first-order chi connectivity index (χ1) is 15.4. The zero-order valence-corrected chi connectivity index (χ0v) is 19.5. The van der Waals surface area contributed by atoms with E-state index in [4.69, 9.17) is 4.74 Å². The lowest BCUT2D eigenvalue weighted by Gasteiger charge is -2.12. The second-order valence-electron chi connectivity index (χ2n) is 7.69. The van der Waals surface area contributed by atoms with Crippen molar-refractivity contribution in [3.05, 3.63) is 48.2 Å². The second-order valence-corrected chi connectivity index (χ2v) is 9.87. The molecule has 4 rings (SSSR count). The average molecular weight is 472 g/mol. The van der Waals surface area contributed by atoms with E-state index in [0.29, 0.717) is 21.5 Å². The van der Waals surface area contributed by atoms with Crippen molar-refractivity contribution < 1.29 is 18.8 Å². The van der Waals surface area contributed by atoms with E-state index in [1.165, 1.54) is 30.6 Å². The average Bonchev–Trinajstić information content (AvgIpc) is 3.45. The van der Waals surface area contributed by atoms with E-state index in [1.54, 1.807) is 18.2 Å². The Morgan fingerprint density at radius 3 is 2.59 bits per heavy atom. The van der Waals surface area contributed by atoms with Crippen LogP contribution in [0.25, 0.3) is 10.4 Å². The van der Waals surface area contributed by atoms with Gasteiger partial charge in [-0.25, -0.2) is 9.19 Å². The summed E-state index contributed by atoms with van der Waals surface area (Å²) in [5.74, 6) is 0.744. The summed E-state index contributed by atoms with van der Waals surface area (Å²) in [6, 6.07) is 11.8. The van der Waals surface area contributed by atoms with Crippen molar-refractivity contribution in [1.29, 1.82) is 0 Å². The minimum Gasteiger partial charge on any atom is -0.508 e. The first kappa shape index (κ1) is 22.3. The smallest absolute Gasteiger partial charge is 0.229 e. The van der Waals surface area contributed by atoms with Crippen LogP contribution in [0, 0.1) is 12.8 Å². The van der Waals surface area contributed by atoms with Crippen LogP contribution in [0.3, 0.4) is 0 Å². The summed E-state index contributed by atoms with van der Waals surface area (Å²) >= 11 is 1.41. The number of phenols is 1. The summed E-state index contributed by atoms with van der Waals surface area (Å²) < 4.78 is 21.4. The van der Waals surface area contributed by atoms with Crippen LogP contribution >= 0.6 is 11.3 Å². The van der Waals surface area contributed by atoms with Crippen molar-refractivity contribution in [2.75, 3.05) is 17.1 Å². The number of nitrogens with zero attached hydrogens (tertiary/aromatic N) is 1. The minimum atomic E-state index is -1.59. The van der Waals surface area contributed by atoms with Gasteiger partial charge in [0.1, 0.15) is 16.4 Å². The summed E-state index contributed by atoms with van der Waals surface area (Å²) in [5.41, 5.74) is 2.25. The Morgan fingerprint density at radius 1 is 1.19 bits per heavy atom. The van der Waals surface area contributed by atoms with Gasteiger partial charge in [0.05, 0.1) is 17.7 Å². The third kappa shape index (κ3) is 4.94. The van der Waals surface area contributed by atoms with Crippen molar-refractivity contribution in [3.63, 3.8) is 0 Å². The maximum absolute atomic E-state index is 13.0. The summed E-state index contributed by atoms with van der Waals surface area (Å²) in [4.78, 5) is 18.4. The van der Waals surface area contributed by atoms with E-state index < -0.39 is 11.0 Å². The highest BCUT2D eigenvalue weighted by Gasteiger charge is 2.24. The number of carbonyl (C=O) groups excluding carboxylic acids is 1. The van der Waals surface area contributed by atoms with Gasteiger partial charge in [0.15, 0.2) is 16.1 Å². The Kier molecular flexibility index (Phi) is 6.76. The van der Waals surface area contributed by atoms with Crippen molar-refractivity contribution in [2.45, 2.75) is 37.5 Å². The molecule has 1 aliphatic rings. The highest BCUT2D eigenvalue weighted by molar-refractivity contribution is 7.86. The van der Waals surface area contributed by atoms with E-state index in [2.05, 4.69) is 15.0 Å². The number of aryl methyl sites for hydroxylation is 1. The molecule has 1 atom stereocenters. The highest BCUT2D eigenvalue weighted by atomic mass is 32.2. The number of hydrogen-bond donors (Lipinski definition) is 3. The largest absolute Gasteiger partial charge is 0.508 e. The topological polar surface area (TPSA) is 101 Å². The molecular weight excluding hydrogens is 446 g/mol. The maximum Gasteiger partial charge on any atom is 0.229 e. The monoisotopic (exact) mass is 471 g/mol. The van der Waals surface area contributed by atoms with Gasteiger partial charge >= 0.3 is 0 Å². The second kappa shape index (κ2) is 9.70. The molecule has 1 aromatic heterocycles. The normalized spacial score (nSPS) is 14.8. The Hall–Kier alpha value is -2.91. The number of thiazole rings is 1. The summed E-state index contributed by atoms with van der Waals surface area (Å²) in [7, 11) is -0.0567. The number of hydrogen-bond acceptors (Lipinski definition) is 6. The molecule has 9 heteroatoms. The fraction of sp³-hybridized carbons (Fsp3) is 0.304. The highest BCUT2D eigenvalue weighted by Crippen LogP contribution is 2.37. The zero-order chi connectivity index (χ0) is 22.7. The Bertz CT molecular complexity index is 1140. The predicted octanol–water partition coefficient (Wildman–Crippen LogP) is 5.10. The standard InChI is InChI=1S/C23H25N3O4S2/c1-14-21(31-23(24-14)25-22(28)15-5-3-4-6-15)16-7-12-19(30-2)20(13-16)32(29)26-17-8-10-18(27)11-9-17/h7-13,15,26-27H,3-6H2,1-2H3,(H,24,25,28). The molecule has 1 amide bonds. The summed E-state index contributed by atoms with van der Waals surface area (Å²) in [6.45, 7) is 1.90. The molecule has 0 aliphatic heterocycles. The van der Waals surface area contributed by atoms with Gasteiger partial charge in [-0.1, -0.05) is 24.2 Å². The first-order valence-electron chi connectivity index (χ1n) is 10.4. The lowest BCUT2D eigenvalue weighted by molar-refractivity contribution is -0.119. The van der Waals surface area contributed by atoms with Gasteiger partial charge in [-0.05, 0) is 67.8 Å². The van der Waals surface area contributed by atoms with Gasteiger partial charge in [-0.2, -0.15) is 0 Å². The van der Waals surface area contributed by atoms with Crippen molar-refractivity contribution >= 4 is 39.0 Å². The van der Waals surface area contributed by atoms with Gasteiger partial charge in [-0.3, -0.25) is 4.79 Å². The van der Waals surface area contributed by atoms with Crippen LogP contribution in [0.2, 0.25) is 0 Å². The van der Waals surface area contributed by atoms with Gasteiger partial charge in [0.2, 0.25) is 5.91 Å². The Balaban J connectivity index is 1.57. The first-order valence-corrected chi connectivity index (χ1v) is 12.4. The van der Waals surface area contributed by atoms with Crippen molar-refractivity contribution in [1.82, 2.24) is 4.98 Å². The van der Waals surface area contributed by atoms with Crippen LogP contribution in [0.5, 0.6) is 11.5 Å². The van der Waals surface area contributed by atoms with Crippen LogP contribution in [0.1, 0.15) is 31.4 Å². The molecule has 0 bridgehead atoms. The molecular formula is C23H25N3O4S2. The van der Waals surface area contributed by atoms with E-state index in [0.717, 1.165) is 41.8 Å². The van der Waals surface area contributed by atoms with E-state index in [-0.39, 0.29) is 17.6 Å². The number of aromatic hydroxyl groups is 1. The molecule has 3 aromatic rings. The number of rotatable bonds is 7. The van der Waals surface area contributed by atoms with Crippen LogP contribution in [-0.2, 0) is 15.8 Å². The third-order valence-corrected chi connectivity index (χ3v) is 7.72. The number of aromatic nitrogens is 1. The zero-order valence-electron chi connectivity index (χ0n) is 17.9. The number of nitrogens with one attached hydrogen (secondary N) is 2. The molecule has 1 aliphatic carbocycles. The molecule has 1 heterocycles. The van der Waals surface area contributed by atoms with Crippen molar-refractivity contribution in [2.24, 2.45) is 5.92 Å². The number of methoxy groups -OCH3 is 1. The van der Waals surface area contributed by atoms with Gasteiger partial charge in [-0.15, -0.1) is 0 Å². The SMILES string of the molecule is COc1ccc(-c2sc(NC(=O)C3CCCC3)nc2C)cc1S(=O)Nc1ccc(O)cc1. The third-order valence-electron chi connectivity index (χ3n) is 5.46. The number of ether oxygens (including phenoxy) is 1. The lowest BCUT2D eigenvalue weighted by atomic mass is 10.1. The molecule has 168 valence electrons. The molecule has 1 unspecified atom stereocenters. The Labute approximate surface area is 193 Å². The van der Waals surface area contributed by atoms with Crippen LogP contribution in [0.15, 0.2) is 47.4 Å². The molecule has 32 heavy (non-hydrogen) atoms. The van der Waals surface area contributed by atoms with Gasteiger partial charge in [0.25, 0.3) is 0 Å². The van der Waals surface area contributed by atoms with E-state index >= 15 is 0 Å². The van der Waals surface area contributed by atoms with Gasteiger partial charge in [0, 0.05) is 11.6 Å². The van der Waals surface area contributed by atoms with Crippen LogP contribution in [-0.4, -0.2) is 27.3 Å². The fourth-order valence-corrected chi connectivity index (χ4v) is 5.76. The summed E-state index contributed by atoms with van der Waals surface area (Å²) in [5, 5.41) is 13.0. The minimum absolute atomic E-state index is 0.0393. The number of benzene rings is 2. The van der Waals surface area contributed by atoms with Crippen LogP contribution in [0.4, 0.5) is 10.8 Å².